The molecule has 9 heteroatoms. The summed E-state index contributed by atoms with van der Waals surface area (Å²) in [6, 6.07) is 15.4. The van der Waals surface area contributed by atoms with Gasteiger partial charge in [0.1, 0.15) is 11.5 Å². The fourth-order valence-corrected chi connectivity index (χ4v) is 4.34. The molecule has 170 valence electrons. The number of imide groups is 1. The largest absolute Gasteiger partial charge is 0.465 e. The van der Waals surface area contributed by atoms with Crippen molar-refractivity contribution in [1.82, 2.24) is 20.1 Å². The zero-order chi connectivity index (χ0) is 23.8. The molecular formula is C25H22N6O3. The zero-order valence-electron chi connectivity index (χ0n) is 18.7. The molecule has 4 aromatic rings. The van der Waals surface area contributed by atoms with Crippen molar-refractivity contribution < 1.29 is 14.7 Å². The minimum atomic E-state index is -1.42. The number of nitrogens with one attached hydrogen (secondary N) is 1. The van der Waals surface area contributed by atoms with E-state index in [1.165, 1.54) is 0 Å². The number of fused-ring (bicyclic) bond motifs is 2. The Hall–Kier alpha value is -4.53. The normalized spacial score (nSPS) is 14.3. The van der Waals surface area contributed by atoms with Crippen molar-refractivity contribution in [2.45, 2.75) is 6.42 Å². The second-order valence-electron chi connectivity index (χ2n) is 8.02. The van der Waals surface area contributed by atoms with Gasteiger partial charge >= 0.3 is 6.09 Å². The van der Waals surface area contributed by atoms with Crippen molar-refractivity contribution in [2.75, 3.05) is 18.5 Å². The molecule has 2 amide bonds. The molecule has 0 spiro atoms. The van der Waals surface area contributed by atoms with E-state index in [-0.39, 0.29) is 5.69 Å². The van der Waals surface area contributed by atoms with Gasteiger partial charge in [-0.2, -0.15) is 5.10 Å². The van der Waals surface area contributed by atoms with Crippen LogP contribution in [0.3, 0.4) is 0 Å². The zero-order valence-corrected chi connectivity index (χ0v) is 18.7. The van der Waals surface area contributed by atoms with Crippen LogP contribution in [0, 0.1) is 0 Å². The number of aryl methyl sites for hydroxylation is 1. The first-order chi connectivity index (χ1) is 16.4. The Morgan fingerprint density at radius 1 is 1.12 bits per heavy atom. The van der Waals surface area contributed by atoms with Gasteiger partial charge in [0.05, 0.1) is 11.9 Å². The molecule has 0 bridgehead atoms. The SMILES string of the molecule is CN=C1CCN(c2nc(C(=O)NC(=O)O)cc3ccccc23)c2ccc(-c3cnn(C)c3)cc21. The number of benzene rings is 2. The molecule has 5 rings (SSSR count). The number of rotatable bonds is 3. The Morgan fingerprint density at radius 3 is 2.68 bits per heavy atom. The molecule has 3 heterocycles. The first-order valence-corrected chi connectivity index (χ1v) is 10.8. The molecule has 1 aliphatic heterocycles. The summed E-state index contributed by atoms with van der Waals surface area (Å²) >= 11 is 0. The number of carbonyl (C=O) groups is 2. The van der Waals surface area contributed by atoms with Crippen molar-refractivity contribution in [2.24, 2.45) is 12.0 Å². The predicted molar refractivity (Wildman–Crippen MR) is 130 cm³/mol. The number of aliphatic imine (C=N–C) groups is 1. The van der Waals surface area contributed by atoms with E-state index in [1.807, 2.05) is 61.2 Å². The van der Waals surface area contributed by atoms with Crippen molar-refractivity contribution in [3.05, 3.63) is 72.2 Å². The average Bonchev–Trinajstić information content (AvgIpc) is 3.28. The molecule has 0 saturated carbocycles. The molecule has 2 aromatic carbocycles. The van der Waals surface area contributed by atoms with Gasteiger partial charge in [0.25, 0.3) is 5.91 Å². The van der Waals surface area contributed by atoms with Gasteiger partial charge in [-0.25, -0.2) is 9.78 Å². The maximum absolute atomic E-state index is 12.5. The summed E-state index contributed by atoms with van der Waals surface area (Å²) in [6.07, 6.45) is 3.06. The van der Waals surface area contributed by atoms with E-state index in [2.05, 4.69) is 26.0 Å². The fraction of sp³-hybridized carbons (Fsp3) is 0.160. The molecule has 0 radical (unpaired) electrons. The quantitative estimate of drug-likeness (QED) is 0.484. The Labute approximate surface area is 195 Å². The summed E-state index contributed by atoms with van der Waals surface area (Å²) in [5.74, 6) is -0.168. The minimum absolute atomic E-state index is 0.0413. The monoisotopic (exact) mass is 454 g/mol. The number of hydrogen-bond acceptors (Lipinski definition) is 6. The summed E-state index contributed by atoms with van der Waals surface area (Å²) in [5.41, 5.74) is 4.98. The summed E-state index contributed by atoms with van der Waals surface area (Å²) < 4.78 is 1.76. The first-order valence-electron chi connectivity index (χ1n) is 10.8. The van der Waals surface area contributed by atoms with E-state index in [0.717, 1.165) is 38.9 Å². The third-order valence-corrected chi connectivity index (χ3v) is 5.91. The van der Waals surface area contributed by atoms with E-state index >= 15 is 0 Å². The van der Waals surface area contributed by atoms with E-state index in [1.54, 1.807) is 17.8 Å². The predicted octanol–water partition coefficient (Wildman–Crippen LogP) is 4.00. The number of carbonyl (C=O) groups excluding carboxylic acids is 1. The molecule has 0 aliphatic carbocycles. The topological polar surface area (TPSA) is 113 Å². The minimum Gasteiger partial charge on any atom is -0.465 e. The summed E-state index contributed by atoms with van der Waals surface area (Å²) in [7, 11) is 3.67. The maximum atomic E-state index is 12.5. The Kier molecular flexibility index (Phi) is 5.29. The van der Waals surface area contributed by atoms with Crippen LogP contribution >= 0.6 is 0 Å². The molecule has 2 N–H and O–H groups in total. The van der Waals surface area contributed by atoms with Crippen LogP contribution in [0.4, 0.5) is 16.3 Å². The standard InChI is InChI=1S/C25H22N6O3/c1-26-20-9-10-31(22-8-7-15(11-19(20)22)17-13-27-30(2)14-17)23-18-6-4-3-5-16(18)12-21(28-23)24(32)29-25(33)34/h3-8,11-14H,9-10H2,1-2H3,(H,29,32)(H,33,34). The first kappa shape index (κ1) is 21.3. The number of amides is 2. The van der Waals surface area contributed by atoms with Crippen LogP contribution in [0.25, 0.3) is 21.9 Å². The van der Waals surface area contributed by atoms with Gasteiger partial charge in [-0.05, 0) is 29.1 Å². The molecule has 0 unspecified atom stereocenters. The number of nitrogens with zero attached hydrogens (tertiary/aromatic N) is 5. The lowest BCUT2D eigenvalue weighted by atomic mass is 9.95. The van der Waals surface area contributed by atoms with Crippen LogP contribution in [-0.4, -0.2) is 51.2 Å². The number of pyridine rings is 1. The van der Waals surface area contributed by atoms with Crippen molar-refractivity contribution in [3.63, 3.8) is 0 Å². The maximum Gasteiger partial charge on any atom is 0.411 e. The fourth-order valence-electron chi connectivity index (χ4n) is 4.34. The van der Waals surface area contributed by atoms with Crippen LogP contribution in [0.5, 0.6) is 0 Å². The molecular weight excluding hydrogens is 432 g/mol. The highest BCUT2D eigenvalue weighted by Crippen LogP contribution is 2.38. The van der Waals surface area contributed by atoms with E-state index < -0.39 is 12.0 Å². The second-order valence-corrected chi connectivity index (χ2v) is 8.02. The van der Waals surface area contributed by atoms with Gasteiger partial charge in [0, 0.05) is 55.5 Å². The van der Waals surface area contributed by atoms with Crippen molar-refractivity contribution in [3.8, 4) is 11.1 Å². The van der Waals surface area contributed by atoms with Crippen LogP contribution in [0.1, 0.15) is 22.5 Å². The third kappa shape index (κ3) is 3.77. The lowest BCUT2D eigenvalue weighted by molar-refractivity contribution is 0.0943. The third-order valence-electron chi connectivity index (χ3n) is 5.91. The van der Waals surface area contributed by atoms with Crippen molar-refractivity contribution >= 4 is 40.0 Å². The van der Waals surface area contributed by atoms with E-state index in [4.69, 9.17) is 5.11 Å². The van der Waals surface area contributed by atoms with Crippen LogP contribution < -0.4 is 10.2 Å². The van der Waals surface area contributed by atoms with Gasteiger partial charge in [0.2, 0.25) is 0 Å². The van der Waals surface area contributed by atoms with Gasteiger partial charge in [-0.1, -0.05) is 30.3 Å². The molecule has 9 nitrogen and oxygen atoms in total. The summed E-state index contributed by atoms with van der Waals surface area (Å²) in [4.78, 5) is 34.7. The smallest absolute Gasteiger partial charge is 0.411 e. The van der Waals surface area contributed by atoms with Crippen LogP contribution in [-0.2, 0) is 7.05 Å². The lowest BCUT2D eigenvalue weighted by Gasteiger charge is -2.32. The molecule has 1 aliphatic rings. The van der Waals surface area contributed by atoms with Gasteiger partial charge in [0.15, 0.2) is 0 Å². The highest BCUT2D eigenvalue weighted by molar-refractivity contribution is 6.10. The molecule has 2 aromatic heterocycles. The van der Waals surface area contributed by atoms with Gasteiger partial charge in [-0.3, -0.25) is 19.8 Å². The summed E-state index contributed by atoms with van der Waals surface area (Å²) in [6.45, 7) is 0.618. The Bertz CT molecular complexity index is 1470. The van der Waals surface area contributed by atoms with E-state index in [9.17, 15) is 9.59 Å². The van der Waals surface area contributed by atoms with Gasteiger partial charge in [-0.15, -0.1) is 0 Å². The van der Waals surface area contributed by atoms with E-state index in [0.29, 0.717) is 18.8 Å². The Balaban J connectivity index is 1.67. The lowest BCUT2D eigenvalue weighted by Crippen LogP contribution is -2.32. The van der Waals surface area contributed by atoms with Crippen LogP contribution in [0.2, 0.25) is 0 Å². The molecule has 0 atom stereocenters. The highest BCUT2D eigenvalue weighted by Gasteiger charge is 2.26. The van der Waals surface area contributed by atoms with Crippen molar-refractivity contribution in [1.29, 1.82) is 0 Å². The molecule has 0 saturated heterocycles. The van der Waals surface area contributed by atoms with Gasteiger partial charge < -0.3 is 10.0 Å². The number of carboxylic acid groups (broad SMARTS) is 1. The van der Waals surface area contributed by atoms with Crippen LogP contribution in [0.15, 0.2) is 65.9 Å². The molecule has 0 fully saturated rings. The number of anilines is 2. The highest BCUT2D eigenvalue weighted by atomic mass is 16.4. The molecule has 34 heavy (non-hydrogen) atoms. The number of aromatic nitrogens is 3. The summed E-state index contributed by atoms with van der Waals surface area (Å²) in [5, 5.41) is 16.8. The second kappa shape index (κ2) is 8.43. The average molecular weight is 454 g/mol. The Morgan fingerprint density at radius 2 is 1.94 bits per heavy atom. The number of hydrogen-bond donors (Lipinski definition) is 2.